The molecule has 5 nitrogen and oxygen atoms in total. The Balaban J connectivity index is 0.000000252. The largest absolute Gasteiger partial charge is 0.399 e. The highest BCUT2D eigenvalue weighted by Gasteiger charge is 1.84. The van der Waals surface area contributed by atoms with Gasteiger partial charge in [-0.15, -0.1) is 0 Å². The molecule has 13 heavy (non-hydrogen) atoms. The van der Waals surface area contributed by atoms with Gasteiger partial charge in [-0.25, -0.2) is 0 Å². The van der Waals surface area contributed by atoms with Crippen LogP contribution in [0.2, 0.25) is 0 Å². The van der Waals surface area contributed by atoms with Crippen LogP contribution in [-0.4, -0.2) is 17.5 Å². The molecule has 0 heterocycles. The van der Waals surface area contributed by atoms with Crippen LogP contribution >= 0.6 is 15.9 Å². The van der Waals surface area contributed by atoms with Gasteiger partial charge in [0, 0.05) is 10.2 Å². The van der Waals surface area contributed by atoms with Crippen LogP contribution in [0, 0.1) is 0 Å². The summed E-state index contributed by atoms with van der Waals surface area (Å²) in [6.45, 7) is 0. The molecular formula is C6H8BrNO4S. The minimum absolute atomic E-state index is 0.791. The van der Waals surface area contributed by atoms with Crippen LogP contribution in [0.3, 0.4) is 0 Å². The van der Waals surface area contributed by atoms with Gasteiger partial charge in [-0.3, -0.25) is 9.11 Å². The van der Waals surface area contributed by atoms with Gasteiger partial charge >= 0.3 is 10.4 Å². The van der Waals surface area contributed by atoms with Crippen LogP contribution in [-0.2, 0) is 10.4 Å². The van der Waals surface area contributed by atoms with Crippen molar-refractivity contribution in [3.05, 3.63) is 28.7 Å². The molecule has 0 radical (unpaired) electrons. The van der Waals surface area contributed by atoms with Crippen LogP contribution in [0.1, 0.15) is 0 Å². The molecule has 0 aliphatic rings. The van der Waals surface area contributed by atoms with Gasteiger partial charge < -0.3 is 5.73 Å². The Bertz CT molecular complexity index is 339. The first-order chi connectivity index (χ1) is 5.79. The Morgan fingerprint density at radius 1 is 1.31 bits per heavy atom. The summed E-state index contributed by atoms with van der Waals surface area (Å²) in [6.07, 6.45) is 0. The van der Waals surface area contributed by atoms with Gasteiger partial charge in [0.15, 0.2) is 0 Å². The molecule has 0 fully saturated rings. The van der Waals surface area contributed by atoms with Gasteiger partial charge in [0.05, 0.1) is 0 Å². The van der Waals surface area contributed by atoms with Crippen molar-refractivity contribution in [1.82, 2.24) is 0 Å². The van der Waals surface area contributed by atoms with Crippen LogP contribution < -0.4 is 5.73 Å². The summed E-state index contributed by atoms with van der Waals surface area (Å²) in [7, 11) is -4.67. The minimum atomic E-state index is -4.67. The smallest absolute Gasteiger partial charge is 0.394 e. The number of hydrogen-bond donors (Lipinski definition) is 3. The topological polar surface area (TPSA) is 101 Å². The van der Waals surface area contributed by atoms with Crippen molar-refractivity contribution in [2.75, 3.05) is 5.73 Å². The van der Waals surface area contributed by atoms with Gasteiger partial charge in [-0.05, 0) is 18.2 Å². The summed E-state index contributed by atoms with van der Waals surface area (Å²) >= 11 is 3.28. The third-order valence-corrected chi connectivity index (χ3v) is 1.34. The maximum Gasteiger partial charge on any atom is 0.394 e. The average Bonchev–Trinajstić information content (AvgIpc) is 1.81. The summed E-state index contributed by atoms with van der Waals surface area (Å²) < 4.78 is 32.6. The minimum Gasteiger partial charge on any atom is -0.399 e. The lowest BCUT2D eigenvalue weighted by Gasteiger charge is -1.89. The first-order valence-electron chi connectivity index (χ1n) is 3.00. The van der Waals surface area contributed by atoms with E-state index in [4.69, 9.17) is 23.3 Å². The lowest BCUT2D eigenvalue weighted by atomic mass is 10.3. The highest BCUT2D eigenvalue weighted by molar-refractivity contribution is 9.10. The summed E-state index contributed by atoms with van der Waals surface area (Å²) in [5.74, 6) is 0. The quantitative estimate of drug-likeness (QED) is 0.488. The molecule has 1 aromatic rings. The molecule has 0 aromatic heterocycles. The van der Waals surface area contributed by atoms with Crippen molar-refractivity contribution in [2.45, 2.75) is 0 Å². The maximum atomic E-state index is 8.74. The molecule has 0 aliphatic carbocycles. The van der Waals surface area contributed by atoms with Crippen LogP contribution in [0.15, 0.2) is 28.7 Å². The van der Waals surface area contributed by atoms with E-state index in [0.717, 1.165) is 10.2 Å². The molecule has 0 atom stereocenters. The molecular weight excluding hydrogens is 262 g/mol. The SMILES string of the molecule is Nc1cccc(Br)c1.O=S(=O)(O)O. The maximum absolute atomic E-state index is 8.74. The Labute approximate surface area is 84.3 Å². The number of anilines is 1. The molecule has 7 heteroatoms. The fourth-order valence-electron chi connectivity index (χ4n) is 0.507. The normalized spacial score (nSPS) is 10.1. The Morgan fingerprint density at radius 2 is 1.77 bits per heavy atom. The van der Waals surface area contributed by atoms with E-state index in [2.05, 4.69) is 15.9 Å². The second kappa shape index (κ2) is 5.18. The number of nitrogen functional groups attached to an aromatic ring is 1. The van der Waals surface area contributed by atoms with Crippen molar-refractivity contribution in [3.8, 4) is 0 Å². The van der Waals surface area contributed by atoms with E-state index < -0.39 is 10.4 Å². The van der Waals surface area contributed by atoms with Gasteiger partial charge in [0.25, 0.3) is 0 Å². The molecule has 0 spiro atoms. The van der Waals surface area contributed by atoms with E-state index >= 15 is 0 Å². The third-order valence-electron chi connectivity index (χ3n) is 0.849. The van der Waals surface area contributed by atoms with Gasteiger partial charge in [0.2, 0.25) is 0 Å². The van der Waals surface area contributed by atoms with E-state index in [1.807, 2.05) is 24.3 Å². The zero-order valence-electron chi connectivity index (χ0n) is 6.38. The number of rotatable bonds is 0. The molecule has 0 bridgehead atoms. The molecule has 74 valence electrons. The third kappa shape index (κ3) is 11.4. The van der Waals surface area contributed by atoms with Crippen molar-refractivity contribution < 1.29 is 17.5 Å². The van der Waals surface area contributed by atoms with Crippen LogP contribution in [0.5, 0.6) is 0 Å². The van der Waals surface area contributed by atoms with E-state index in [9.17, 15) is 0 Å². The molecule has 0 amide bonds. The number of halogens is 1. The second-order valence-corrected chi connectivity index (χ2v) is 3.81. The van der Waals surface area contributed by atoms with E-state index in [1.54, 1.807) is 0 Å². The van der Waals surface area contributed by atoms with Crippen LogP contribution in [0.25, 0.3) is 0 Å². The molecule has 0 unspecified atom stereocenters. The van der Waals surface area contributed by atoms with E-state index in [0.29, 0.717) is 0 Å². The summed E-state index contributed by atoms with van der Waals surface area (Å²) in [5, 5.41) is 0. The summed E-state index contributed by atoms with van der Waals surface area (Å²) in [6, 6.07) is 7.56. The lowest BCUT2D eigenvalue weighted by Crippen LogP contribution is -1.89. The average molecular weight is 270 g/mol. The lowest BCUT2D eigenvalue weighted by molar-refractivity contribution is 0.381. The second-order valence-electron chi connectivity index (χ2n) is 2.00. The number of hydrogen-bond acceptors (Lipinski definition) is 3. The zero-order valence-corrected chi connectivity index (χ0v) is 8.79. The van der Waals surface area contributed by atoms with Crippen molar-refractivity contribution in [3.63, 3.8) is 0 Å². The Kier molecular flexibility index (Phi) is 4.92. The molecule has 0 saturated carbocycles. The molecule has 1 aromatic carbocycles. The van der Waals surface area contributed by atoms with Gasteiger partial charge in [-0.1, -0.05) is 22.0 Å². The van der Waals surface area contributed by atoms with E-state index in [1.165, 1.54) is 0 Å². The number of nitrogens with two attached hydrogens (primary N) is 1. The van der Waals surface area contributed by atoms with Crippen molar-refractivity contribution in [2.24, 2.45) is 0 Å². The highest BCUT2D eigenvalue weighted by atomic mass is 79.9. The van der Waals surface area contributed by atoms with Crippen LogP contribution in [0.4, 0.5) is 5.69 Å². The molecule has 4 N–H and O–H groups in total. The fraction of sp³-hybridized carbons (Fsp3) is 0. The Hall–Kier alpha value is -0.630. The molecule has 1 rings (SSSR count). The predicted octanol–water partition coefficient (Wildman–Crippen LogP) is 1.38. The van der Waals surface area contributed by atoms with Crippen molar-refractivity contribution in [1.29, 1.82) is 0 Å². The van der Waals surface area contributed by atoms with Crippen molar-refractivity contribution >= 4 is 32.0 Å². The summed E-state index contributed by atoms with van der Waals surface area (Å²) in [5.41, 5.74) is 6.22. The fourth-order valence-corrected chi connectivity index (χ4v) is 0.924. The zero-order chi connectivity index (χ0) is 10.5. The predicted molar refractivity (Wildman–Crippen MR) is 52.7 cm³/mol. The van der Waals surface area contributed by atoms with Gasteiger partial charge in [0.1, 0.15) is 0 Å². The molecule has 0 aliphatic heterocycles. The van der Waals surface area contributed by atoms with Gasteiger partial charge in [-0.2, -0.15) is 8.42 Å². The first-order valence-corrected chi connectivity index (χ1v) is 5.19. The highest BCUT2D eigenvalue weighted by Crippen LogP contribution is 2.11. The standard InChI is InChI=1S/C6H6BrN.H2O4S/c7-5-2-1-3-6(8)4-5;1-5(2,3)4/h1-4H,8H2;(H2,1,2,3,4). The summed E-state index contributed by atoms with van der Waals surface area (Å²) in [4.78, 5) is 0. The first kappa shape index (κ1) is 12.4. The number of benzene rings is 1. The Morgan fingerprint density at radius 3 is 2.00 bits per heavy atom. The monoisotopic (exact) mass is 269 g/mol. The van der Waals surface area contributed by atoms with E-state index in [-0.39, 0.29) is 0 Å². The molecule has 0 saturated heterocycles.